The van der Waals surface area contributed by atoms with Crippen molar-refractivity contribution in [3.63, 3.8) is 0 Å². The van der Waals surface area contributed by atoms with Gasteiger partial charge in [0, 0.05) is 6.42 Å². The van der Waals surface area contributed by atoms with Crippen molar-refractivity contribution < 1.29 is 14.6 Å². The SMILES string of the molecule is Cc1cccc(C)c1COc1cccc(CCC(=O)O)c1. The van der Waals surface area contributed by atoms with E-state index in [-0.39, 0.29) is 6.42 Å². The maximum absolute atomic E-state index is 10.6. The van der Waals surface area contributed by atoms with E-state index < -0.39 is 5.97 Å². The van der Waals surface area contributed by atoms with Gasteiger partial charge in [0.25, 0.3) is 0 Å². The number of ether oxygens (including phenoxy) is 1. The van der Waals surface area contributed by atoms with Gasteiger partial charge in [-0.3, -0.25) is 4.79 Å². The minimum atomic E-state index is -0.781. The molecule has 2 aromatic carbocycles. The van der Waals surface area contributed by atoms with Crippen LogP contribution in [0.4, 0.5) is 0 Å². The molecular weight excluding hydrogens is 264 g/mol. The summed E-state index contributed by atoms with van der Waals surface area (Å²) in [6.07, 6.45) is 0.663. The molecule has 1 N–H and O–H groups in total. The number of carboxylic acid groups (broad SMARTS) is 1. The summed E-state index contributed by atoms with van der Waals surface area (Å²) in [5.41, 5.74) is 4.62. The number of carbonyl (C=O) groups is 1. The molecule has 3 heteroatoms. The summed E-state index contributed by atoms with van der Waals surface area (Å²) in [5, 5.41) is 8.73. The Kier molecular flexibility index (Phi) is 4.99. The van der Waals surface area contributed by atoms with Crippen LogP contribution in [-0.2, 0) is 17.8 Å². The monoisotopic (exact) mass is 284 g/mol. The second-order valence-electron chi connectivity index (χ2n) is 5.20. The molecule has 0 fully saturated rings. The fourth-order valence-electron chi connectivity index (χ4n) is 2.27. The largest absolute Gasteiger partial charge is 0.489 e. The van der Waals surface area contributed by atoms with E-state index in [0.29, 0.717) is 13.0 Å². The number of rotatable bonds is 6. The molecule has 0 amide bonds. The van der Waals surface area contributed by atoms with Crippen LogP contribution >= 0.6 is 0 Å². The third-order valence-electron chi connectivity index (χ3n) is 3.55. The van der Waals surface area contributed by atoms with Crippen molar-refractivity contribution in [2.24, 2.45) is 0 Å². The van der Waals surface area contributed by atoms with E-state index in [2.05, 4.69) is 26.0 Å². The highest BCUT2D eigenvalue weighted by atomic mass is 16.5. The first-order chi connectivity index (χ1) is 10.1. The standard InChI is InChI=1S/C18H20O3/c1-13-5-3-6-14(2)17(13)12-21-16-8-4-7-15(11-16)9-10-18(19)20/h3-8,11H,9-10,12H2,1-2H3,(H,19,20). The van der Waals surface area contributed by atoms with Crippen molar-refractivity contribution in [1.82, 2.24) is 0 Å². The molecule has 0 heterocycles. The van der Waals surface area contributed by atoms with E-state index in [0.717, 1.165) is 11.3 Å². The van der Waals surface area contributed by atoms with E-state index in [1.54, 1.807) is 0 Å². The van der Waals surface area contributed by atoms with Gasteiger partial charge in [0.15, 0.2) is 0 Å². The van der Waals surface area contributed by atoms with Crippen molar-refractivity contribution in [2.45, 2.75) is 33.3 Å². The molecule has 0 atom stereocenters. The number of aryl methyl sites for hydroxylation is 3. The summed E-state index contributed by atoms with van der Waals surface area (Å²) < 4.78 is 5.85. The van der Waals surface area contributed by atoms with Crippen LogP contribution in [0.1, 0.15) is 28.7 Å². The zero-order valence-corrected chi connectivity index (χ0v) is 12.4. The molecule has 0 saturated carbocycles. The lowest BCUT2D eigenvalue weighted by molar-refractivity contribution is -0.136. The average molecular weight is 284 g/mol. The molecule has 0 radical (unpaired) electrons. The van der Waals surface area contributed by atoms with E-state index in [9.17, 15) is 4.79 Å². The predicted octanol–water partition coefficient (Wildman–Crippen LogP) is 3.90. The van der Waals surface area contributed by atoms with Gasteiger partial charge in [-0.2, -0.15) is 0 Å². The van der Waals surface area contributed by atoms with E-state index >= 15 is 0 Å². The van der Waals surface area contributed by atoms with Gasteiger partial charge in [0.2, 0.25) is 0 Å². The molecule has 21 heavy (non-hydrogen) atoms. The van der Waals surface area contributed by atoms with Gasteiger partial charge in [0.1, 0.15) is 12.4 Å². The number of hydrogen-bond donors (Lipinski definition) is 1. The third kappa shape index (κ3) is 4.35. The van der Waals surface area contributed by atoms with Gasteiger partial charge in [0.05, 0.1) is 0 Å². The van der Waals surface area contributed by atoms with Crippen molar-refractivity contribution in [1.29, 1.82) is 0 Å². The maximum atomic E-state index is 10.6. The molecule has 0 aliphatic carbocycles. The number of aliphatic carboxylic acids is 1. The first-order valence-electron chi connectivity index (χ1n) is 7.05. The minimum absolute atomic E-state index is 0.139. The summed E-state index contributed by atoms with van der Waals surface area (Å²) in [5.74, 6) is -0.00241. The van der Waals surface area contributed by atoms with Gasteiger partial charge in [-0.25, -0.2) is 0 Å². The van der Waals surface area contributed by atoms with E-state index in [1.165, 1.54) is 16.7 Å². The van der Waals surface area contributed by atoms with Gasteiger partial charge in [-0.15, -0.1) is 0 Å². The fraction of sp³-hybridized carbons (Fsp3) is 0.278. The zero-order chi connectivity index (χ0) is 15.2. The average Bonchev–Trinajstić information content (AvgIpc) is 2.45. The summed E-state index contributed by atoms with van der Waals surface area (Å²) in [6.45, 7) is 4.69. The number of carboxylic acids is 1. The maximum Gasteiger partial charge on any atom is 0.303 e. The molecule has 0 saturated heterocycles. The van der Waals surface area contributed by atoms with Crippen LogP contribution in [-0.4, -0.2) is 11.1 Å². The molecule has 0 unspecified atom stereocenters. The molecule has 3 nitrogen and oxygen atoms in total. The number of benzene rings is 2. The van der Waals surface area contributed by atoms with Crippen molar-refractivity contribution >= 4 is 5.97 Å². The molecular formula is C18H20O3. The predicted molar refractivity (Wildman–Crippen MR) is 82.6 cm³/mol. The minimum Gasteiger partial charge on any atom is -0.489 e. The number of hydrogen-bond acceptors (Lipinski definition) is 2. The summed E-state index contributed by atoms with van der Waals surface area (Å²) in [6, 6.07) is 13.8. The lowest BCUT2D eigenvalue weighted by Crippen LogP contribution is -2.01. The summed E-state index contributed by atoms with van der Waals surface area (Å²) in [4.78, 5) is 10.6. The first-order valence-corrected chi connectivity index (χ1v) is 7.05. The first kappa shape index (κ1) is 15.1. The Morgan fingerprint density at radius 3 is 2.43 bits per heavy atom. The van der Waals surface area contributed by atoms with E-state index in [4.69, 9.17) is 9.84 Å². The third-order valence-corrected chi connectivity index (χ3v) is 3.55. The highest BCUT2D eigenvalue weighted by Crippen LogP contribution is 2.19. The quantitative estimate of drug-likeness (QED) is 0.875. The fourth-order valence-corrected chi connectivity index (χ4v) is 2.27. The Hall–Kier alpha value is -2.29. The lowest BCUT2D eigenvalue weighted by Gasteiger charge is -2.12. The second kappa shape index (κ2) is 6.93. The highest BCUT2D eigenvalue weighted by Gasteiger charge is 2.04. The topological polar surface area (TPSA) is 46.5 Å². The second-order valence-corrected chi connectivity index (χ2v) is 5.20. The normalized spacial score (nSPS) is 10.4. The highest BCUT2D eigenvalue weighted by molar-refractivity contribution is 5.67. The molecule has 0 aliphatic rings. The van der Waals surface area contributed by atoms with Gasteiger partial charge < -0.3 is 9.84 Å². The van der Waals surface area contributed by atoms with Gasteiger partial charge in [-0.1, -0.05) is 30.3 Å². The van der Waals surface area contributed by atoms with Crippen LogP contribution in [0.15, 0.2) is 42.5 Å². The van der Waals surface area contributed by atoms with Crippen LogP contribution in [0.25, 0.3) is 0 Å². The van der Waals surface area contributed by atoms with Crippen molar-refractivity contribution in [2.75, 3.05) is 0 Å². The van der Waals surface area contributed by atoms with Crippen LogP contribution in [0.2, 0.25) is 0 Å². The molecule has 110 valence electrons. The molecule has 2 aromatic rings. The van der Waals surface area contributed by atoms with Crippen molar-refractivity contribution in [3.8, 4) is 5.75 Å². The van der Waals surface area contributed by atoms with Crippen LogP contribution < -0.4 is 4.74 Å². The Morgan fingerprint density at radius 1 is 1.10 bits per heavy atom. The molecule has 2 rings (SSSR count). The molecule has 0 aromatic heterocycles. The Labute approximate surface area is 125 Å². The van der Waals surface area contributed by atoms with Gasteiger partial charge in [-0.05, 0) is 54.7 Å². The Balaban J connectivity index is 2.03. The molecule has 0 aliphatic heterocycles. The van der Waals surface area contributed by atoms with E-state index in [1.807, 2.05) is 30.3 Å². The Bertz CT molecular complexity index is 612. The smallest absolute Gasteiger partial charge is 0.303 e. The van der Waals surface area contributed by atoms with Crippen molar-refractivity contribution in [3.05, 3.63) is 64.7 Å². The van der Waals surface area contributed by atoms with Crippen LogP contribution in [0, 0.1) is 13.8 Å². The zero-order valence-electron chi connectivity index (χ0n) is 12.4. The molecule has 0 bridgehead atoms. The summed E-state index contributed by atoms with van der Waals surface area (Å²) in [7, 11) is 0. The Morgan fingerprint density at radius 2 is 1.76 bits per heavy atom. The van der Waals surface area contributed by atoms with Crippen LogP contribution in [0.3, 0.4) is 0 Å². The van der Waals surface area contributed by atoms with Crippen LogP contribution in [0.5, 0.6) is 5.75 Å². The lowest BCUT2D eigenvalue weighted by atomic mass is 10.0. The summed E-state index contributed by atoms with van der Waals surface area (Å²) >= 11 is 0. The van der Waals surface area contributed by atoms with Gasteiger partial charge >= 0.3 is 5.97 Å². The molecule has 0 spiro atoms.